The van der Waals surface area contributed by atoms with Crippen LogP contribution in [0.3, 0.4) is 0 Å². The molecule has 1 unspecified atom stereocenters. The van der Waals surface area contributed by atoms with Gasteiger partial charge >= 0.3 is 0 Å². The first-order chi connectivity index (χ1) is 9.45. The number of hydrogen-bond donors (Lipinski definition) is 2. The summed E-state index contributed by atoms with van der Waals surface area (Å²) < 4.78 is 26.7. The van der Waals surface area contributed by atoms with Crippen molar-refractivity contribution in [2.45, 2.75) is 49.7 Å². The van der Waals surface area contributed by atoms with Crippen LogP contribution in [0.4, 0.5) is 0 Å². The summed E-state index contributed by atoms with van der Waals surface area (Å²) in [5.41, 5.74) is -0.614. The van der Waals surface area contributed by atoms with Gasteiger partial charge in [0.05, 0.1) is 11.8 Å². The van der Waals surface area contributed by atoms with E-state index in [9.17, 15) is 13.5 Å². The van der Waals surface area contributed by atoms with Crippen molar-refractivity contribution in [3.05, 3.63) is 12.0 Å². The fourth-order valence-electron chi connectivity index (χ4n) is 2.93. The first-order valence-electron chi connectivity index (χ1n) is 7.22. The van der Waals surface area contributed by atoms with E-state index in [0.717, 1.165) is 25.7 Å². The predicted octanol–water partition coefficient (Wildman–Crippen LogP) is 0.898. The number of imidazole rings is 1. The van der Waals surface area contributed by atoms with Gasteiger partial charge in [-0.3, -0.25) is 0 Å². The maximum Gasteiger partial charge on any atom is 0.260 e. The third kappa shape index (κ3) is 2.38. The summed E-state index contributed by atoms with van der Waals surface area (Å²) in [6.45, 7) is 2.86. The molecule has 0 bridgehead atoms. The van der Waals surface area contributed by atoms with Crippen LogP contribution in [0.1, 0.15) is 38.4 Å². The molecule has 1 saturated carbocycles. The van der Waals surface area contributed by atoms with Crippen molar-refractivity contribution in [3.63, 3.8) is 0 Å². The van der Waals surface area contributed by atoms with Gasteiger partial charge < -0.3 is 10.1 Å². The Labute approximate surface area is 119 Å². The molecule has 2 N–H and O–H groups in total. The highest BCUT2D eigenvalue weighted by Crippen LogP contribution is 2.46. The first kappa shape index (κ1) is 14.0. The lowest BCUT2D eigenvalue weighted by Crippen LogP contribution is -2.44. The minimum atomic E-state index is -3.51. The second kappa shape index (κ2) is 4.82. The van der Waals surface area contributed by atoms with Gasteiger partial charge in [0.15, 0.2) is 5.03 Å². The maximum atomic E-state index is 12.6. The molecular formula is C13H21N3O3S. The smallest absolute Gasteiger partial charge is 0.260 e. The van der Waals surface area contributed by atoms with Crippen molar-refractivity contribution < 1.29 is 13.5 Å². The van der Waals surface area contributed by atoms with E-state index < -0.39 is 15.6 Å². The molecule has 1 saturated heterocycles. The number of H-pyrrole nitrogens is 1. The Morgan fingerprint density at radius 1 is 1.55 bits per heavy atom. The summed E-state index contributed by atoms with van der Waals surface area (Å²) >= 11 is 0. The summed E-state index contributed by atoms with van der Waals surface area (Å²) in [4.78, 5) is 6.93. The molecule has 6 nitrogen and oxygen atoms in total. The molecule has 20 heavy (non-hydrogen) atoms. The Balaban J connectivity index is 1.80. The normalized spacial score (nSPS) is 26.6. The monoisotopic (exact) mass is 299 g/mol. The first-order valence-corrected chi connectivity index (χ1v) is 8.66. The number of hydrogen-bond acceptors (Lipinski definition) is 4. The van der Waals surface area contributed by atoms with Crippen LogP contribution in [0.15, 0.2) is 11.2 Å². The summed E-state index contributed by atoms with van der Waals surface area (Å²) in [6, 6.07) is 0. The van der Waals surface area contributed by atoms with E-state index in [0.29, 0.717) is 25.3 Å². The number of sulfonamides is 1. The van der Waals surface area contributed by atoms with E-state index in [1.165, 1.54) is 10.5 Å². The highest BCUT2D eigenvalue weighted by molar-refractivity contribution is 7.89. The Kier molecular flexibility index (Phi) is 3.38. The van der Waals surface area contributed by atoms with E-state index in [1.54, 1.807) is 0 Å². The fourth-order valence-corrected chi connectivity index (χ4v) is 4.39. The quantitative estimate of drug-likeness (QED) is 0.865. The lowest BCUT2D eigenvalue weighted by atomic mass is 9.92. The molecule has 2 aliphatic rings. The van der Waals surface area contributed by atoms with Crippen molar-refractivity contribution in [2.75, 3.05) is 13.1 Å². The predicted molar refractivity (Wildman–Crippen MR) is 73.6 cm³/mol. The average Bonchev–Trinajstić information content (AvgIpc) is 3.03. The number of nitrogens with one attached hydrogen (secondary N) is 1. The average molecular weight is 299 g/mol. The number of nitrogens with zero attached hydrogens (tertiary/aromatic N) is 2. The van der Waals surface area contributed by atoms with Crippen LogP contribution >= 0.6 is 0 Å². The van der Waals surface area contributed by atoms with E-state index in [1.807, 2.05) is 6.92 Å². The van der Waals surface area contributed by atoms with Crippen LogP contribution in [0.2, 0.25) is 0 Å². The highest BCUT2D eigenvalue weighted by atomic mass is 32.2. The molecule has 0 spiro atoms. The molecule has 7 heteroatoms. The van der Waals surface area contributed by atoms with Gasteiger partial charge in [0.2, 0.25) is 0 Å². The van der Waals surface area contributed by atoms with Gasteiger partial charge in [-0.1, -0.05) is 6.92 Å². The van der Waals surface area contributed by atoms with E-state index >= 15 is 0 Å². The lowest BCUT2D eigenvalue weighted by molar-refractivity contribution is 0.0514. The zero-order valence-corrected chi connectivity index (χ0v) is 12.5. The third-order valence-electron chi connectivity index (χ3n) is 4.46. The number of aryl methyl sites for hydroxylation is 1. The number of aliphatic hydroxyl groups is 1. The highest BCUT2D eigenvalue weighted by Gasteiger charge is 2.49. The lowest BCUT2D eigenvalue weighted by Gasteiger charge is -2.34. The van der Waals surface area contributed by atoms with Crippen LogP contribution in [0, 0.1) is 5.92 Å². The van der Waals surface area contributed by atoms with Crippen molar-refractivity contribution >= 4 is 10.0 Å². The zero-order chi connectivity index (χ0) is 14.4. The molecular weight excluding hydrogens is 278 g/mol. The van der Waals surface area contributed by atoms with Crippen LogP contribution in [0.5, 0.6) is 0 Å². The summed E-state index contributed by atoms with van der Waals surface area (Å²) in [5, 5.41) is 10.4. The molecule has 0 radical (unpaired) electrons. The summed E-state index contributed by atoms with van der Waals surface area (Å²) in [5.74, 6) is 0.748. The zero-order valence-electron chi connectivity index (χ0n) is 11.7. The number of aromatic nitrogens is 2. The largest absolute Gasteiger partial charge is 0.390 e. The third-order valence-corrected chi connectivity index (χ3v) is 6.24. The molecule has 1 aliphatic heterocycles. The molecule has 0 amide bonds. The second-order valence-electron chi connectivity index (χ2n) is 5.85. The van der Waals surface area contributed by atoms with E-state index in [2.05, 4.69) is 9.97 Å². The van der Waals surface area contributed by atoms with Crippen molar-refractivity contribution in [1.29, 1.82) is 0 Å². The molecule has 2 fully saturated rings. The Morgan fingerprint density at radius 2 is 2.30 bits per heavy atom. The molecule has 1 aromatic rings. The van der Waals surface area contributed by atoms with Crippen molar-refractivity contribution in [3.8, 4) is 0 Å². The van der Waals surface area contributed by atoms with Gasteiger partial charge in [0.25, 0.3) is 10.0 Å². The Hall–Kier alpha value is -0.920. The van der Waals surface area contributed by atoms with Crippen LogP contribution in [-0.2, 0) is 16.4 Å². The van der Waals surface area contributed by atoms with Gasteiger partial charge in [-0.05, 0) is 25.7 Å². The number of aromatic amines is 1. The molecule has 0 aromatic carbocycles. The Morgan fingerprint density at radius 3 is 2.90 bits per heavy atom. The van der Waals surface area contributed by atoms with Gasteiger partial charge in [-0.15, -0.1) is 0 Å². The SMILES string of the molecule is CCc1ncc(S(=O)(=O)N2CCCC(C3(O)CC3)C2)[nH]1. The molecule has 3 rings (SSSR count). The van der Waals surface area contributed by atoms with Crippen molar-refractivity contribution in [1.82, 2.24) is 14.3 Å². The van der Waals surface area contributed by atoms with E-state index in [-0.39, 0.29) is 10.9 Å². The number of rotatable bonds is 4. The minimum Gasteiger partial charge on any atom is -0.390 e. The summed E-state index contributed by atoms with van der Waals surface area (Å²) in [7, 11) is -3.51. The molecule has 1 aromatic heterocycles. The van der Waals surface area contributed by atoms with Gasteiger partial charge in [0, 0.05) is 25.4 Å². The van der Waals surface area contributed by atoms with Gasteiger partial charge in [-0.25, -0.2) is 13.4 Å². The van der Waals surface area contributed by atoms with Gasteiger partial charge in [-0.2, -0.15) is 4.31 Å². The second-order valence-corrected chi connectivity index (χ2v) is 7.76. The Bertz CT molecular complexity index is 592. The molecule has 112 valence electrons. The minimum absolute atomic E-state index is 0.0691. The van der Waals surface area contributed by atoms with Crippen LogP contribution in [0.25, 0.3) is 0 Å². The molecule has 1 aliphatic carbocycles. The van der Waals surface area contributed by atoms with Crippen molar-refractivity contribution in [2.24, 2.45) is 5.92 Å². The van der Waals surface area contributed by atoms with E-state index in [4.69, 9.17) is 0 Å². The molecule has 2 heterocycles. The van der Waals surface area contributed by atoms with Gasteiger partial charge in [0.1, 0.15) is 5.82 Å². The number of piperidine rings is 1. The standard InChI is InChI=1S/C13H21N3O3S/c1-2-11-14-8-12(15-11)20(18,19)16-7-3-4-10(9-16)13(17)5-6-13/h8,10,17H,2-7,9H2,1H3,(H,14,15). The maximum absolute atomic E-state index is 12.6. The fraction of sp³-hybridized carbons (Fsp3) is 0.769. The van der Waals surface area contributed by atoms with Crippen LogP contribution in [-0.4, -0.2) is 46.5 Å². The molecule has 1 atom stereocenters. The topological polar surface area (TPSA) is 86.3 Å². The van der Waals surface area contributed by atoms with Crippen LogP contribution < -0.4 is 0 Å². The summed E-state index contributed by atoms with van der Waals surface area (Å²) in [6.07, 6.45) is 5.39.